The third-order valence-electron chi connectivity index (χ3n) is 7.73. The largest absolute Gasteiger partial charge is 0.492 e. The monoisotopic (exact) mass is 690 g/mol. The Kier molecular flexibility index (Phi) is 16.2. The van der Waals surface area contributed by atoms with Crippen molar-refractivity contribution < 1.29 is 9.47 Å². The second kappa shape index (κ2) is 21.7. The summed E-state index contributed by atoms with van der Waals surface area (Å²) in [5, 5.41) is 0. The van der Waals surface area contributed by atoms with Gasteiger partial charge in [0, 0.05) is 64.1 Å². The van der Waals surface area contributed by atoms with Gasteiger partial charge in [-0.2, -0.15) is 0 Å². The van der Waals surface area contributed by atoms with E-state index in [1.807, 2.05) is 26.8 Å². The molecule has 0 aromatic heterocycles. The van der Waals surface area contributed by atoms with E-state index in [4.69, 9.17) is 28.7 Å². The van der Waals surface area contributed by atoms with Gasteiger partial charge in [-0.1, -0.05) is 31.4 Å². The molecule has 0 radical (unpaired) electrons. The Morgan fingerprint density at radius 1 is 0.778 bits per heavy atom. The molecule has 2 aromatic carbocycles. The van der Waals surface area contributed by atoms with Crippen LogP contribution in [0.25, 0.3) is 11.1 Å². The van der Waals surface area contributed by atoms with Crippen LogP contribution in [-0.2, 0) is 19.3 Å². The van der Waals surface area contributed by atoms with E-state index in [9.17, 15) is 4.79 Å². The van der Waals surface area contributed by atoms with Crippen LogP contribution in [0.4, 0.5) is 0 Å². The normalized spacial score (nSPS) is 10.2. The molecular weight excluding hydrogens is 661 g/mol. The van der Waals surface area contributed by atoms with Crippen molar-refractivity contribution in [3.8, 4) is 178 Å². The summed E-state index contributed by atoms with van der Waals surface area (Å²) in [6.07, 6.45) is 22.2. The molecule has 2 aromatic rings. The van der Waals surface area contributed by atoms with Crippen molar-refractivity contribution in [1.82, 2.24) is 0 Å². The molecule has 0 spiro atoms. The molecule has 0 amide bonds. The average Bonchev–Trinajstić information content (AvgIpc) is 3.38. The van der Waals surface area contributed by atoms with Gasteiger partial charge in [-0.3, -0.25) is 4.79 Å². The summed E-state index contributed by atoms with van der Waals surface area (Å²) in [4.78, 5) is 14.3. The summed E-state index contributed by atoms with van der Waals surface area (Å²) < 4.78 is 12.2. The zero-order chi connectivity index (χ0) is 39.1. The van der Waals surface area contributed by atoms with Gasteiger partial charge in [-0.25, -0.2) is 0 Å². The number of hydrogen-bond donors (Lipinski definition) is 0. The summed E-state index contributed by atoms with van der Waals surface area (Å²) in [7, 11) is 1.58. The van der Waals surface area contributed by atoms with Gasteiger partial charge in [-0.15, -0.1) is 25.8 Å². The van der Waals surface area contributed by atoms with Crippen LogP contribution in [0, 0.1) is 156 Å². The molecule has 252 valence electrons. The molecule has 0 aliphatic heterocycles. The fourth-order valence-electron chi connectivity index (χ4n) is 5.71. The maximum Gasteiger partial charge on any atom is 0.198 e. The third-order valence-corrected chi connectivity index (χ3v) is 7.73. The number of methoxy groups -OCH3 is 1. The zero-order valence-corrected chi connectivity index (χ0v) is 30.4. The van der Waals surface area contributed by atoms with Crippen LogP contribution in [0.5, 0.6) is 11.5 Å². The first-order valence-corrected chi connectivity index (χ1v) is 16.5. The van der Waals surface area contributed by atoms with Crippen molar-refractivity contribution in [3.63, 3.8) is 0 Å². The van der Waals surface area contributed by atoms with Crippen LogP contribution in [0.1, 0.15) is 72.9 Å². The molecule has 0 saturated heterocycles. The van der Waals surface area contributed by atoms with Crippen LogP contribution in [-0.4, -0.2) is 7.11 Å². The summed E-state index contributed by atoms with van der Waals surface area (Å²) in [5.74, 6) is 57.0. The van der Waals surface area contributed by atoms with Crippen molar-refractivity contribution in [1.29, 1.82) is 0 Å². The van der Waals surface area contributed by atoms with Crippen molar-refractivity contribution in [2.45, 2.75) is 58.8 Å². The SMILES string of the molecule is C#CC#CC#CC#CC#CC#CC#CC#CC#COc1c(OC)c(CC)cc2c1-c1cc(C#C)c(CC)c(=O)c(C#CC#CC#C)c1[C@@H](CC(=C)C)CC2. The highest BCUT2D eigenvalue weighted by atomic mass is 16.5. The van der Waals surface area contributed by atoms with Crippen LogP contribution in [0.15, 0.2) is 29.1 Å². The number of aryl methyl sites for hydroxylation is 2. The molecule has 0 bridgehead atoms. The maximum absolute atomic E-state index is 14.3. The number of rotatable bonds is 6. The summed E-state index contributed by atoms with van der Waals surface area (Å²) >= 11 is 0. The minimum Gasteiger partial charge on any atom is -0.492 e. The zero-order valence-electron chi connectivity index (χ0n) is 30.4. The minimum absolute atomic E-state index is 0.120. The van der Waals surface area contributed by atoms with E-state index >= 15 is 0 Å². The highest BCUT2D eigenvalue weighted by Gasteiger charge is 2.31. The predicted octanol–water partition coefficient (Wildman–Crippen LogP) is 5.81. The van der Waals surface area contributed by atoms with E-state index in [1.165, 1.54) is 0 Å². The summed E-state index contributed by atoms with van der Waals surface area (Å²) in [6, 6.07) is 4.00. The van der Waals surface area contributed by atoms with Crippen molar-refractivity contribution in [2.75, 3.05) is 7.11 Å². The Balaban J connectivity index is 2.24. The Morgan fingerprint density at radius 2 is 1.33 bits per heavy atom. The van der Waals surface area contributed by atoms with Gasteiger partial charge in [0.15, 0.2) is 16.9 Å². The lowest BCUT2D eigenvalue weighted by molar-refractivity contribution is 0.382. The molecule has 0 unspecified atom stereocenters. The lowest BCUT2D eigenvalue weighted by atomic mass is 9.85. The number of hydrogen-bond acceptors (Lipinski definition) is 3. The highest BCUT2D eigenvalue weighted by Crippen LogP contribution is 2.50. The maximum atomic E-state index is 14.3. The van der Waals surface area contributed by atoms with Gasteiger partial charge in [-0.05, 0) is 150 Å². The molecule has 3 nitrogen and oxygen atoms in total. The van der Waals surface area contributed by atoms with Gasteiger partial charge in [0.1, 0.15) is 6.11 Å². The lowest BCUT2D eigenvalue weighted by Gasteiger charge is -2.20. The standard InChI is InChI=1S/C51H30O3/c1-9-14-16-18-19-20-21-22-23-24-25-26-27-28-29-31-35-54-51-48-43(37-41(12-4)50(51)53-8)34-33-42(36-39(6)7)47-45(32-30-17-15-10-2)49(52)44(13-5)40(11-3)38-46(47)48/h1-3,37-38,42H,6,12-13,33-34,36H2,4-5,7-8H3/t42-/m1/s1. The highest BCUT2D eigenvalue weighted by molar-refractivity contribution is 5.84. The summed E-state index contributed by atoms with van der Waals surface area (Å²) in [5.41, 5.74) is 6.05. The Morgan fingerprint density at radius 3 is 1.83 bits per heavy atom. The topological polar surface area (TPSA) is 35.5 Å². The van der Waals surface area contributed by atoms with Gasteiger partial charge >= 0.3 is 0 Å². The molecule has 3 heteroatoms. The Hall–Kier alpha value is -8.27. The molecule has 0 heterocycles. The predicted molar refractivity (Wildman–Crippen MR) is 217 cm³/mol. The molecule has 1 aliphatic carbocycles. The molecule has 0 fully saturated rings. The van der Waals surface area contributed by atoms with Crippen LogP contribution < -0.4 is 14.9 Å². The van der Waals surface area contributed by atoms with E-state index in [0.717, 1.165) is 22.3 Å². The number of ether oxygens (including phenoxy) is 2. The number of benzene rings is 1. The second-order valence-corrected chi connectivity index (χ2v) is 11.1. The van der Waals surface area contributed by atoms with Crippen molar-refractivity contribution in [2.24, 2.45) is 0 Å². The number of fused-ring (bicyclic) bond motifs is 3. The smallest absolute Gasteiger partial charge is 0.198 e. The Bertz CT molecular complexity index is 2760. The van der Waals surface area contributed by atoms with E-state index in [1.54, 1.807) is 7.11 Å². The molecular formula is C51H30O3. The van der Waals surface area contributed by atoms with Crippen LogP contribution in [0.3, 0.4) is 0 Å². The van der Waals surface area contributed by atoms with Crippen LogP contribution >= 0.6 is 0 Å². The van der Waals surface area contributed by atoms with E-state index in [0.29, 0.717) is 71.4 Å². The number of terminal acetylenes is 3. The van der Waals surface area contributed by atoms with Crippen molar-refractivity contribution in [3.05, 3.63) is 67.9 Å². The molecule has 54 heavy (non-hydrogen) atoms. The van der Waals surface area contributed by atoms with Crippen molar-refractivity contribution >= 4 is 0 Å². The van der Waals surface area contributed by atoms with Gasteiger partial charge in [0.05, 0.1) is 12.7 Å². The van der Waals surface area contributed by atoms with E-state index < -0.39 is 0 Å². The Labute approximate surface area is 320 Å². The number of allylic oxidation sites excluding steroid dienone is 1. The molecule has 0 saturated carbocycles. The molecule has 3 rings (SSSR count). The van der Waals surface area contributed by atoms with Crippen LogP contribution in [0.2, 0.25) is 0 Å². The van der Waals surface area contributed by atoms with Gasteiger partial charge in [0.25, 0.3) is 0 Å². The van der Waals surface area contributed by atoms with Gasteiger partial charge in [0.2, 0.25) is 0 Å². The lowest BCUT2D eigenvalue weighted by Crippen LogP contribution is -2.14. The third kappa shape index (κ3) is 10.9. The molecule has 1 aliphatic rings. The fraction of sp³-hybridized carbons (Fsp3) is 0.196. The quantitative estimate of drug-likeness (QED) is 0.284. The molecule has 0 N–H and O–H groups in total. The average molecular weight is 691 g/mol. The molecule has 1 atom stereocenters. The fourth-order valence-corrected chi connectivity index (χ4v) is 5.71. The van der Waals surface area contributed by atoms with E-state index in [-0.39, 0.29) is 11.3 Å². The second-order valence-electron chi connectivity index (χ2n) is 11.1. The first-order chi connectivity index (χ1) is 26.4. The van der Waals surface area contributed by atoms with E-state index in [2.05, 4.69) is 149 Å². The minimum atomic E-state index is -0.244. The summed E-state index contributed by atoms with van der Waals surface area (Å²) in [6.45, 7) is 10.1. The first-order valence-electron chi connectivity index (χ1n) is 16.5. The van der Waals surface area contributed by atoms with Gasteiger partial charge < -0.3 is 9.47 Å². The first kappa shape index (κ1) is 40.2.